The van der Waals surface area contributed by atoms with Crippen LogP contribution in [0.3, 0.4) is 0 Å². The Kier molecular flexibility index (Phi) is 6.24. The Labute approximate surface area is 227 Å². The maximum Gasteiger partial charge on any atom is 0.278 e. The molecular weight excluding hydrogens is 512 g/mol. The minimum absolute atomic E-state index is 0.00783. The van der Waals surface area contributed by atoms with Gasteiger partial charge >= 0.3 is 0 Å². The molecule has 1 aliphatic heterocycles. The molecule has 9 nitrogen and oxygen atoms in total. The first kappa shape index (κ1) is 24.6. The van der Waals surface area contributed by atoms with E-state index in [4.69, 9.17) is 0 Å². The van der Waals surface area contributed by atoms with Crippen molar-refractivity contribution in [1.29, 1.82) is 0 Å². The van der Waals surface area contributed by atoms with Crippen LogP contribution in [-0.4, -0.2) is 38.3 Å². The maximum atomic E-state index is 13.1. The third-order valence-corrected chi connectivity index (χ3v) is 7.64. The number of hydrogen-bond donors (Lipinski definition) is 1. The normalized spacial score (nSPS) is 12.5. The first-order chi connectivity index (χ1) is 18.9. The number of nitrogens with zero attached hydrogens (tertiary/aromatic N) is 5. The minimum atomic E-state index is -0.416. The lowest BCUT2D eigenvalue weighted by atomic mass is 10.1. The molecule has 10 heteroatoms. The number of thiazole rings is 1. The standard InChI is InChI=1S/C29H24N6O3S/c1-17-7-9-19(10-8-17)27(37)34-14-13-20-15-21(11-12-24(20)34)26-18(2)39-29(31-26)30-25(36)16-35-28(38)22-5-3-4-6-23(22)32-33-35/h3-12,15H,13-14,16H2,1-2H3,(H,30,31,36). The lowest BCUT2D eigenvalue weighted by Gasteiger charge is -2.17. The Morgan fingerprint density at radius 3 is 2.64 bits per heavy atom. The molecule has 194 valence electrons. The zero-order valence-electron chi connectivity index (χ0n) is 21.3. The summed E-state index contributed by atoms with van der Waals surface area (Å²) in [6.07, 6.45) is 0.759. The average Bonchev–Trinajstić information content (AvgIpc) is 3.53. The predicted octanol–water partition coefficient (Wildman–Crippen LogP) is 4.37. The second-order valence-corrected chi connectivity index (χ2v) is 10.7. The minimum Gasteiger partial charge on any atom is -0.308 e. The van der Waals surface area contributed by atoms with Crippen molar-refractivity contribution in [2.24, 2.45) is 0 Å². The molecule has 0 bridgehead atoms. The summed E-state index contributed by atoms with van der Waals surface area (Å²) < 4.78 is 1.04. The van der Waals surface area contributed by atoms with Crippen LogP contribution < -0.4 is 15.8 Å². The molecule has 0 atom stereocenters. The van der Waals surface area contributed by atoms with E-state index in [1.807, 2.05) is 55.1 Å². The van der Waals surface area contributed by atoms with Crippen molar-refractivity contribution in [1.82, 2.24) is 20.0 Å². The molecule has 0 saturated heterocycles. The van der Waals surface area contributed by atoms with Crippen molar-refractivity contribution in [3.8, 4) is 11.3 Å². The molecule has 0 saturated carbocycles. The fourth-order valence-electron chi connectivity index (χ4n) is 4.75. The molecule has 5 aromatic rings. The molecule has 6 rings (SSSR count). The maximum absolute atomic E-state index is 13.1. The highest BCUT2D eigenvalue weighted by atomic mass is 32.1. The van der Waals surface area contributed by atoms with Gasteiger partial charge in [0.1, 0.15) is 12.1 Å². The summed E-state index contributed by atoms with van der Waals surface area (Å²) >= 11 is 1.36. The highest BCUT2D eigenvalue weighted by Gasteiger charge is 2.26. The van der Waals surface area contributed by atoms with E-state index in [1.165, 1.54) is 11.3 Å². The number of aryl methyl sites for hydroxylation is 2. The van der Waals surface area contributed by atoms with Gasteiger partial charge in [-0.15, -0.1) is 16.4 Å². The first-order valence-corrected chi connectivity index (χ1v) is 13.3. The fraction of sp³-hybridized carbons (Fsp3) is 0.172. The second kappa shape index (κ2) is 9.88. The van der Waals surface area contributed by atoms with Crippen LogP contribution in [0.2, 0.25) is 0 Å². The summed E-state index contributed by atoms with van der Waals surface area (Å²) in [6, 6.07) is 20.5. The average molecular weight is 537 g/mol. The van der Waals surface area contributed by atoms with Crippen LogP contribution >= 0.6 is 11.3 Å². The number of benzene rings is 3. The number of amides is 2. The van der Waals surface area contributed by atoms with Crippen molar-refractivity contribution in [3.63, 3.8) is 0 Å². The second-order valence-electron chi connectivity index (χ2n) is 9.46. The summed E-state index contributed by atoms with van der Waals surface area (Å²) in [6.45, 7) is 4.30. The smallest absolute Gasteiger partial charge is 0.278 e. The molecule has 1 aliphatic rings. The van der Waals surface area contributed by atoms with E-state index in [-0.39, 0.29) is 18.0 Å². The van der Waals surface area contributed by atoms with Crippen molar-refractivity contribution in [3.05, 3.63) is 98.7 Å². The molecule has 3 aromatic carbocycles. The highest BCUT2D eigenvalue weighted by molar-refractivity contribution is 7.16. The van der Waals surface area contributed by atoms with E-state index >= 15 is 0 Å². The zero-order valence-corrected chi connectivity index (χ0v) is 22.2. The predicted molar refractivity (Wildman–Crippen MR) is 151 cm³/mol. The molecule has 0 spiro atoms. The Morgan fingerprint density at radius 2 is 1.82 bits per heavy atom. The van der Waals surface area contributed by atoms with E-state index in [0.29, 0.717) is 28.1 Å². The van der Waals surface area contributed by atoms with Gasteiger partial charge in [0.05, 0.1) is 11.1 Å². The van der Waals surface area contributed by atoms with Crippen LogP contribution in [0.1, 0.15) is 26.4 Å². The van der Waals surface area contributed by atoms with E-state index in [2.05, 4.69) is 26.7 Å². The van der Waals surface area contributed by atoms with E-state index in [9.17, 15) is 14.4 Å². The van der Waals surface area contributed by atoms with Gasteiger partial charge in [-0.3, -0.25) is 14.4 Å². The zero-order chi connectivity index (χ0) is 27.1. The fourth-order valence-corrected chi connectivity index (χ4v) is 5.60. The molecule has 2 aromatic heterocycles. The van der Waals surface area contributed by atoms with Crippen LogP contribution in [0.5, 0.6) is 0 Å². The van der Waals surface area contributed by atoms with Crippen LogP contribution in [0.25, 0.3) is 22.2 Å². The molecular formula is C29H24N6O3S. The lowest BCUT2D eigenvalue weighted by Crippen LogP contribution is -2.30. The number of anilines is 2. The Bertz CT molecular complexity index is 1810. The largest absolute Gasteiger partial charge is 0.308 e. The van der Waals surface area contributed by atoms with Crippen molar-refractivity contribution < 1.29 is 9.59 Å². The molecule has 0 aliphatic carbocycles. The molecule has 1 N–H and O–H groups in total. The quantitative estimate of drug-likeness (QED) is 0.357. The monoisotopic (exact) mass is 536 g/mol. The molecule has 0 radical (unpaired) electrons. The van der Waals surface area contributed by atoms with Crippen LogP contribution in [0.15, 0.2) is 71.5 Å². The Morgan fingerprint density at radius 1 is 1.03 bits per heavy atom. The number of hydrogen-bond acceptors (Lipinski definition) is 7. The van der Waals surface area contributed by atoms with Gasteiger partial charge in [0.15, 0.2) is 5.13 Å². The third-order valence-electron chi connectivity index (χ3n) is 6.76. The number of nitrogens with one attached hydrogen (secondary N) is 1. The van der Waals surface area contributed by atoms with E-state index in [0.717, 1.165) is 44.1 Å². The molecule has 39 heavy (non-hydrogen) atoms. The summed E-state index contributed by atoms with van der Waals surface area (Å²) in [5.41, 5.74) is 5.57. The van der Waals surface area contributed by atoms with Gasteiger partial charge in [-0.2, -0.15) is 0 Å². The van der Waals surface area contributed by atoms with Crippen molar-refractivity contribution in [2.75, 3.05) is 16.8 Å². The third kappa shape index (κ3) is 4.70. The summed E-state index contributed by atoms with van der Waals surface area (Å²) in [7, 11) is 0. The molecule has 2 amide bonds. The summed E-state index contributed by atoms with van der Waals surface area (Å²) in [4.78, 5) is 45.9. The van der Waals surface area contributed by atoms with Crippen molar-refractivity contribution >= 4 is 44.9 Å². The van der Waals surface area contributed by atoms with Gasteiger partial charge in [0.2, 0.25) is 5.91 Å². The van der Waals surface area contributed by atoms with E-state index < -0.39 is 5.91 Å². The Balaban J connectivity index is 1.18. The lowest BCUT2D eigenvalue weighted by molar-refractivity contribution is -0.117. The number of fused-ring (bicyclic) bond motifs is 2. The van der Waals surface area contributed by atoms with Gasteiger partial charge in [-0.1, -0.05) is 41.1 Å². The molecule has 0 unspecified atom stereocenters. The van der Waals surface area contributed by atoms with Crippen LogP contribution in [0, 0.1) is 13.8 Å². The number of aromatic nitrogens is 4. The SMILES string of the molecule is Cc1ccc(C(=O)N2CCc3cc(-c4nc(NC(=O)Cn5nnc6ccccc6c5=O)sc4C)ccc32)cc1. The van der Waals surface area contributed by atoms with Gasteiger partial charge in [-0.05, 0) is 62.2 Å². The van der Waals surface area contributed by atoms with Gasteiger partial charge in [0, 0.05) is 28.2 Å². The van der Waals surface area contributed by atoms with Gasteiger partial charge < -0.3 is 10.2 Å². The summed E-state index contributed by atoms with van der Waals surface area (Å²) in [5.74, 6) is -0.423. The number of rotatable bonds is 5. The molecule has 3 heterocycles. The van der Waals surface area contributed by atoms with Crippen molar-refractivity contribution in [2.45, 2.75) is 26.8 Å². The number of carbonyl (C=O) groups is 2. The first-order valence-electron chi connectivity index (χ1n) is 12.5. The van der Waals surface area contributed by atoms with E-state index in [1.54, 1.807) is 24.3 Å². The van der Waals surface area contributed by atoms with Crippen LogP contribution in [0.4, 0.5) is 10.8 Å². The number of carbonyl (C=O) groups excluding carboxylic acids is 2. The van der Waals surface area contributed by atoms with Gasteiger partial charge in [0.25, 0.3) is 11.5 Å². The topological polar surface area (TPSA) is 110 Å². The summed E-state index contributed by atoms with van der Waals surface area (Å²) in [5, 5.41) is 11.5. The molecule has 0 fully saturated rings. The van der Waals surface area contributed by atoms with Gasteiger partial charge in [-0.25, -0.2) is 9.67 Å². The highest BCUT2D eigenvalue weighted by Crippen LogP contribution is 2.36. The van der Waals surface area contributed by atoms with Crippen LogP contribution in [-0.2, 0) is 17.8 Å². The Hall–Kier alpha value is -4.70.